The van der Waals surface area contributed by atoms with Crippen LogP contribution in [-0.2, 0) is 16.6 Å². The summed E-state index contributed by atoms with van der Waals surface area (Å²) in [5.41, 5.74) is 1.59. The SMILES string of the molecule is O=C1/C(=C/c2ccccn2)N(Cc2ccccc2)S(=O)(=O)c2ccccc21. The summed E-state index contributed by atoms with van der Waals surface area (Å²) >= 11 is 0. The van der Waals surface area contributed by atoms with Crippen LogP contribution in [-0.4, -0.2) is 23.5 Å². The fraction of sp³-hybridized carbons (Fsp3) is 0.0476. The number of allylic oxidation sites excluding steroid dienone is 1. The molecule has 0 spiro atoms. The number of hydrogen-bond acceptors (Lipinski definition) is 4. The van der Waals surface area contributed by atoms with Gasteiger partial charge in [0.25, 0.3) is 10.0 Å². The van der Waals surface area contributed by atoms with Gasteiger partial charge in [0.2, 0.25) is 5.78 Å². The number of carbonyl (C=O) groups is 1. The predicted octanol–water partition coefficient (Wildman–Crippen LogP) is 3.51. The molecule has 1 aromatic heterocycles. The van der Waals surface area contributed by atoms with Gasteiger partial charge in [0.15, 0.2) is 0 Å². The first-order chi connectivity index (χ1) is 13.1. The van der Waals surface area contributed by atoms with Crippen molar-refractivity contribution in [2.45, 2.75) is 11.4 Å². The lowest BCUT2D eigenvalue weighted by atomic mass is 10.1. The van der Waals surface area contributed by atoms with Crippen LogP contribution >= 0.6 is 0 Å². The molecule has 3 aromatic rings. The number of benzene rings is 2. The summed E-state index contributed by atoms with van der Waals surface area (Å²) in [5, 5.41) is 0. The molecule has 0 N–H and O–H groups in total. The molecule has 27 heavy (non-hydrogen) atoms. The number of aromatic nitrogens is 1. The largest absolute Gasteiger partial charge is 0.287 e. The van der Waals surface area contributed by atoms with Crippen LogP contribution in [0.4, 0.5) is 0 Å². The average Bonchev–Trinajstić information content (AvgIpc) is 2.71. The van der Waals surface area contributed by atoms with E-state index in [0.717, 1.165) is 5.56 Å². The van der Waals surface area contributed by atoms with E-state index in [4.69, 9.17) is 0 Å². The Morgan fingerprint density at radius 2 is 1.59 bits per heavy atom. The van der Waals surface area contributed by atoms with E-state index in [1.54, 1.807) is 42.6 Å². The van der Waals surface area contributed by atoms with Crippen molar-refractivity contribution in [3.05, 3.63) is 102 Å². The third kappa shape index (κ3) is 3.15. The van der Waals surface area contributed by atoms with Crippen molar-refractivity contribution in [3.63, 3.8) is 0 Å². The maximum Gasteiger partial charge on any atom is 0.265 e. The van der Waals surface area contributed by atoms with E-state index in [2.05, 4.69) is 4.98 Å². The van der Waals surface area contributed by atoms with Crippen molar-refractivity contribution in [1.29, 1.82) is 0 Å². The summed E-state index contributed by atoms with van der Waals surface area (Å²) in [5.74, 6) is -0.331. The third-order valence-corrected chi connectivity index (χ3v) is 6.16. The molecule has 1 aliphatic rings. The second-order valence-electron chi connectivity index (χ2n) is 6.11. The van der Waals surface area contributed by atoms with E-state index < -0.39 is 10.0 Å². The Balaban J connectivity index is 1.91. The molecule has 2 heterocycles. The lowest BCUT2D eigenvalue weighted by molar-refractivity contribution is 0.100. The van der Waals surface area contributed by atoms with E-state index in [-0.39, 0.29) is 28.5 Å². The predicted molar refractivity (Wildman–Crippen MR) is 102 cm³/mol. The van der Waals surface area contributed by atoms with Crippen molar-refractivity contribution in [2.75, 3.05) is 0 Å². The first kappa shape index (κ1) is 17.2. The molecule has 0 aliphatic carbocycles. The van der Waals surface area contributed by atoms with Gasteiger partial charge in [-0.2, -0.15) is 0 Å². The molecule has 0 atom stereocenters. The van der Waals surface area contributed by atoms with E-state index in [1.807, 2.05) is 30.3 Å². The Morgan fingerprint density at radius 3 is 2.33 bits per heavy atom. The molecule has 6 heteroatoms. The fourth-order valence-corrected chi connectivity index (χ4v) is 4.68. The minimum absolute atomic E-state index is 0.0316. The molecular formula is C21H16N2O3S. The topological polar surface area (TPSA) is 67.3 Å². The molecule has 0 amide bonds. The van der Waals surface area contributed by atoms with Crippen molar-refractivity contribution in [2.24, 2.45) is 0 Å². The van der Waals surface area contributed by atoms with Crippen LogP contribution in [0.25, 0.3) is 6.08 Å². The summed E-state index contributed by atoms with van der Waals surface area (Å²) in [6.45, 7) is 0.0713. The van der Waals surface area contributed by atoms with Crippen LogP contribution in [0, 0.1) is 0 Å². The van der Waals surface area contributed by atoms with E-state index in [1.165, 1.54) is 16.4 Å². The normalized spacial score (nSPS) is 17.0. The van der Waals surface area contributed by atoms with Crippen molar-refractivity contribution < 1.29 is 13.2 Å². The van der Waals surface area contributed by atoms with E-state index in [9.17, 15) is 13.2 Å². The van der Waals surface area contributed by atoms with E-state index >= 15 is 0 Å². The van der Waals surface area contributed by atoms with Crippen LogP contribution < -0.4 is 0 Å². The van der Waals surface area contributed by atoms with Gasteiger partial charge in [0.1, 0.15) is 5.70 Å². The van der Waals surface area contributed by atoms with Gasteiger partial charge in [0, 0.05) is 11.8 Å². The summed E-state index contributed by atoms with van der Waals surface area (Å²) < 4.78 is 27.7. The number of ketones is 1. The molecule has 0 bridgehead atoms. The van der Waals surface area contributed by atoms with Crippen LogP contribution in [0.1, 0.15) is 21.6 Å². The number of sulfonamides is 1. The lowest BCUT2D eigenvalue weighted by Gasteiger charge is -2.31. The molecule has 5 nitrogen and oxygen atoms in total. The minimum Gasteiger partial charge on any atom is -0.287 e. The molecule has 134 valence electrons. The van der Waals surface area contributed by atoms with Crippen LogP contribution in [0.2, 0.25) is 0 Å². The molecular weight excluding hydrogens is 360 g/mol. The molecule has 0 saturated carbocycles. The molecule has 0 saturated heterocycles. The van der Waals surface area contributed by atoms with Crippen LogP contribution in [0.15, 0.2) is 89.6 Å². The van der Waals surface area contributed by atoms with Crippen molar-refractivity contribution in [1.82, 2.24) is 9.29 Å². The van der Waals surface area contributed by atoms with Gasteiger partial charge < -0.3 is 0 Å². The standard InChI is InChI=1S/C21H16N2O3S/c24-21-18-11-4-5-12-20(18)27(25,26)23(15-16-8-2-1-3-9-16)19(21)14-17-10-6-7-13-22-17/h1-14H,15H2/b19-14-. The number of Topliss-reactive ketones (excluding diaryl/α,β-unsaturated/α-hetero) is 1. The number of carbonyl (C=O) groups excluding carboxylic acids is 1. The van der Waals surface area contributed by atoms with Gasteiger partial charge in [-0.3, -0.25) is 14.1 Å². The molecule has 0 unspecified atom stereocenters. The molecule has 1 aliphatic heterocycles. The summed E-state index contributed by atoms with van der Waals surface area (Å²) in [6, 6.07) is 20.8. The van der Waals surface area contributed by atoms with Gasteiger partial charge >= 0.3 is 0 Å². The zero-order chi connectivity index (χ0) is 18.9. The smallest absolute Gasteiger partial charge is 0.265 e. The molecule has 2 aromatic carbocycles. The zero-order valence-electron chi connectivity index (χ0n) is 14.3. The Hall–Kier alpha value is -3.25. The Kier molecular flexibility index (Phi) is 4.33. The number of rotatable bonds is 3. The summed E-state index contributed by atoms with van der Waals surface area (Å²) in [6.07, 6.45) is 3.13. The second-order valence-corrected chi connectivity index (χ2v) is 7.94. The van der Waals surface area contributed by atoms with Gasteiger partial charge in [0.05, 0.1) is 17.1 Å². The highest BCUT2D eigenvalue weighted by Gasteiger charge is 2.39. The maximum atomic E-state index is 13.3. The number of pyridine rings is 1. The third-order valence-electron chi connectivity index (χ3n) is 4.34. The Labute approximate surface area is 157 Å². The van der Waals surface area contributed by atoms with Gasteiger partial charge in [-0.15, -0.1) is 0 Å². The monoisotopic (exact) mass is 376 g/mol. The van der Waals surface area contributed by atoms with Gasteiger partial charge in [-0.05, 0) is 35.9 Å². The highest BCUT2D eigenvalue weighted by atomic mass is 32.2. The Bertz CT molecular complexity index is 1120. The van der Waals surface area contributed by atoms with Crippen molar-refractivity contribution >= 4 is 21.9 Å². The average molecular weight is 376 g/mol. The minimum atomic E-state index is -3.87. The maximum absolute atomic E-state index is 13.3. The van der Waals surface area contributed by atoms with Crippen LogP contribution in [0.5, 0.6) is 0 Å². The zero-order valence-corrected chi connectivity index (χ0v) is 15.1. The number of fused-ring (bicyclic) bond motifs is 1. The Morgan fingerprint density at radius 1 is 0.889 bits per heavy atom. The highest BCUT2D eigenvalue weighted by molar-refractivity contribution is 7.89. The second kappa shape index (κ2) is 6.81. The summed E-state index contributed by atoms with van der Waals surface area (Å²) in [4.78, 5) is 17.3. The quantitative estimate of drug-likeness (QED) is 0.656. The first-order valence-corrected chi connectivity index (χ1v) is 9.84. The molecule has 4 rings (SSSR count). The molecule has 0 fully saturated rings. The first-order valence-electron chi connectivity index (χ1n) is 8.40. The number of nitrogens with zero attached hydrogens (tertiary/aromatic N) is 2. The molecule has 0 radical (unpaired) electrons. The number of hydrogen-bond donors (Lipinski definition) is 0. The van der Waals surface area contributed by atoms with Crippen LogP contribution in [0.3, 0.4) is 0 Å². The lowest BCUT2D eigenvalue weighted by Crippen LogP contribution is -2.38. The van der Waals surface area contributed by atoms with Gasteiger partial charge in [-0.25, -0.2) is 8.42 Å². The van der Waals surface area contributed by atoms with Gasteiger partial charge in [-0.1, -0.05) is 48.5 Å². The highest BCUT2D eigenvalue weighted by Crippen LogP contribution is 2.34. The fourth-order valence-electron chi connectivity index (χ4n) is 3.04. The van der Waals surface area contributed by atoms with Crippen molar-refractivity contribution in [3.8, 4) is 0 Å². The van der Waals surface area contributed by atoms with E-state index in [0.29, 0.717) is 5.69 Å². The summed E-state index contributed by atoms with van der Waals surface area (Å²) in [7, 11) is -3.87.